The molecule has 0 N–H and O–H groups in total. The van der Waals surface area contributed by atoms with Gasteiger partial charge >= 0.3 is 0 Å². The third-order valence-corrected chi connectivity index (χ3v) is 10.2. The molecular formula is C28H26F2N6O3S. The summed E-state index contributed by atoms with van der Waals surface area (Å²) >= 11 is 0. The van der Waals surface area contributed by atoms with Crippen LogP contribution in [0, 0.1) is 23.0 Å². The third-order valence-electron chi connectivity index (χ3n) is 8.15. The van der Waals surface area contributed by atoms with E-state index < -0.39 is 32.2 Å². The molecular weight excluding hydrogens is 538 g/mol. The molecule has 2 unspecified atom stereocenters. The smallest absolute Gasteiger partial charge is 0.267 e. The van der Waals surface area contributed by atoms with Gasteiger partial charge in [-0.05, 0) is 80.5 Å². The Balaban J connectivity index is 1.43. The SMILES string of the molecule is CC(C1CCC2=Cc3c(cnn3-c3ccc(F)cc3)C[C@]2(C(=O)c2cc(F)ccn2)C1)S(=O)(=O)c1ncn(C)n1. The first kappa shape index (κ1) is 26.2. The van der Waals surface area contributed by atoms with Crippen LogP contribution in [0.1, 0.15) is 47.9 Å². The fourth-order valence-electron chi connectivity index (χ4n) is 5.98. The van der Waals surface area contributed by atoms with E-state index in [4.69, 9.17) is 0 Å². The first-order valence-electron chi connectivity index (χ1n) is 12.9. The van der Waals surface area contributed by atoms with E-state index in [-0.39, 0.29) is 35.3 Å². The summed E-state index contributed by atoms with van der Waals surface area (Å²) in [6.45, 7) is 1.63. The minimum atomic E-state index is -3.87. The zero-order valence-electron chi connectivity index (χ0n) is 21.8. The molecule has 3 aromatic heterocycles. The molecule has 206 valence electrons. The number of allylic oxidation sites excluding steroid dienone is 1. The van der Waals surface area contributed by atoms with E-state index in [1.54, 1.807) is 37.0 Å². The van der Waals surface area contributed by atoms with Gasteiger partial charge < -0.3 is 0 Å². The van der Waals surface area contributed by atoms with Crippen molar-refractivity contribution >= 4 is 21.7 Å². The van der Waals surface area contributed by atoms with Gasteiger partial charge in [0.1, 0.15) is 23.7 Å². The molecule has 0 amide bonds. The quantitative estimate of drug-likeness (QED) is 0.324. The lowest BCUT2D eigenvalue weighted by atomic mass is 9.58. The molecule has 3 atom stereocenters. The predicted molar refractivity (Wildman–Crippen MR) is 141 cm³/mol. The molecule has 1 saturated carbocycles. The molecule has 6 rings (SSSR count). The summed E-state index contributed by atoms with van der Waals surface area (Å²) in [6, 6.07) is 8.25. The summed E-state index contributed by atoms with van der Waals surface area (Å²) in [7, 11) is -2.27. The molecule has 0 radical (unpaired) electrons. The maximum atomic E-state index is 14.2. The fraction of sp³-hybridized carbons (Fsp3) is 0.321. The van der Waals surface area contributed by atoms with E-state index >= 15 is 0 Å². The van der Waals surface area contributed by atoms with Gasteiger partial charge in [0.2, 0.25) is 9.84 Å². The van der Waals surface area contributed by atoms with Gasteiger partial charge in [-0.15, -0.1) is 5.10 Å². The molecule has 4 aromatic rings. The highest BCUT2D eigenvalue weighted by molar-refractivity contribution is 7.91. The van der Waals surface area contributed by atoms with E-state index in [9.17, 15) is 22.0 Å². The summed E-state index contributed by atoms with van der Waals surface area (Å²) in [5.41, 5.74) is 1.89. The number of fused-ring (bicyclic) bond motifs is 2. The van der Waals surface area contributed by atoms with Crippen LogP contribution in [-0.2, 0) is 23.3 Å². The largest absolute Gasteiger partial charge is 0.291 e. The van der Waals surface area contributed by atoms with Crippen molar-refractivity contribution in [2.45, 2.75) is 43.0 Å². The van der Waals surface area contributed by atoms with Crippen molar-refractivity contribution in [3.63, 3.8) is 0 Å². The average Bonchev–Trinajstić information content (AvgIpc) is 3.57. The van der Waals surface area contributed by atoms with Crippen molar-refractivity contribution in [1.29, 1.82) is 0 Å². The number of Topliss-reactive ketones (excluding diaryl/α,β-unsaturated/α-hetero) is 1. The number of sulfone groups is 1. The van der Waals surface area contributed by atoms with Crippen LogP contribution >= 0.6 is 0 Å². The molecule has 1 aromatic carbocycles. The van der Waals surface area contributed by atoms with Crippen LogP contribution in [0.5, 0.6) is 0 Å². The highest BCUT2D eigenvalue weighted by atomic mass is 32.2. The van der Waals surface area contributed by atoms with E-state index in [0.29, 0.717) is 18.5 Å². The lowest BCUT2D eigenvalue weighted by Crippen LogP contribution is -2.45. The van der Waals surface area contributed by atoms with E-state index in [1.807, 2.05) is 6.08 Å². The highest BCUT2D eigenvalue weighted by Gasteiger charge is 2.51. The summed E-state index contributed by atoms with van der Waals surface area (Å²) in [5.74, 6) is -1.69. The minimum absolute atomic E-state index is 0.0113. The fourth-order valence-corrected chi connectivity index (χ4v) is 7.49. The molecule has 12 heteroatoms. The molecule has 2 aliphatic carbocycles. The van der Waals surface area contributed by atoms with Crippen LogP contribution < -0.4 is 0 Å². The number of ketones is 1. The van der Waals surface area contributed by atoms with Gasteiger partial charge in [-0.2, -0.15) is 5.10 Å². The van der Waals surface area contributed by atoms with Gasteiger partial charge in [-0.1, -0.05) is 5.57 Å². The number of benzene rings is 1. The van der Waals surface area contributed by atoms with Gasteiger partial charge in [0.05, 0.1) is 28.2 Å². The second-order valence-corrected chi connectivity index (χ2v) is 12.7. The molecule has 0 aliphatic heterocycles. The highest BCUT2D eigenvalue weighted by Crippen LogP contribution is 2.53. The molecule has 2 aliphatic rings. The number of nitrogens with zero attached hydrogens (tertiary/aromatic N) is 6. The molecule has 0 saturated heterocycles. The number of carbonyl (C=O) groups excluding carboxylic acids is 1. The zero-order chi connectivity index (χ0) is 28.2. The van der Waals surface area contributed by atoms with Crippen molar-refractivity contribution in [1.82, 2.24) is 29.5 Å². The summed E-state index contributed by atoms with van der Waals surface area (Å²) in [6.07, 6.45) is 7.62. The minimum Gasteiger partial charge on any atom is -0.291 e. The molecule has 0 spiro atoms. The predicted octanol–water partition coefficient (Wildman–Crippen LogP) is 4.15. The Labute approximate surface area is 229 Å². The second-order valence-electron chi connectivity index (χ2n) is 10.5. The van der Waals surface area contributed by atoms with E-state index in [1.165, 1.54) is 35.4 Å². The topological polar surface area (TPSA) is 113 Å². The zero-order valence-corrected chi connectivity index (χ0v) is 22.6. The Kier molecular flexibility index (Phi) is 6.25. The number of halogens is 2. The van der Waals surface area contributed by atoms with Crippen LogP contribution in [0.4, 0.5) is 8.78 Å². The molecule has 9 nitrogen and oxygen atoms in total. The maximum absolute atomic E-state index is 14.2. The molecule has 1 fully saturated rings. The Morgan fingerprint density at radius 1 is 1.12 bits per heavy atom. The van der Waals surface area contributed by atoms with Gasteiger partial charge in [-0.25, -0.2) is 26.9 Å². The van der Waals surface area contributed by atoms with Gasteiger partial charge in [-0.3, -0.25) is 14.5 Å². The summed E-state index contributed by atoms with van der Waals surface area (Å²) in [4.78, 5) is 22.3. The number of carbonyl (C=O) groups is 1. The van der Waals surface area contributed by atoms with Gasteiger partial charge in [0, 0.05) is 19.3 Å². The van der Waals surface area contributed by atoms with Crippen LogP contribution in [0.25, 0.3) is 11.8 Å². The van der Waals surface area contributed by atoms with Crippen molar-refractivity contribution in [3.8, 4) is 5.69 Å². The normalized spacial score (nSPS) is 21.3. The number of hydrogen-bond acceptors (Lipinski definition) is 7. The molecule has 40 heavy (non-hydrogen) atoms. The van der Waals surface area contributed by atoms with Crippen LogP contribution in [0.15, 0.2) is 65.8 Å². The first-order valence-corrected chi connectivity index (χ1v) is 14.4. The van der Waals surface area contributed by atoms with Crippen LogP contribution in [0.3, 0.4) is 0 Å². The molecule has 3 heterocycles. The monoisotopic (exact) mass is 564 g/mol. The Morgan fingerprint density at radius 2 is 1.90 bits per heavy atom. The van der Waals surface area contributed by atoms with Crippen LogP contribution in [0.2, 0.25) is 0 Å². The van der Waals surface area contributed by atoms with Gasteiger partial charge in [0.15, 0.2) is 5.78 Å². The Morgan fingerprint density at radius 3 is 2.60 bits per heavy atom. The number of aromatic nitrogens is 6. The first-order chi connectivity index (χ1) is 19.1. The van der Waals surface area contributed by atoms with Crippen molar-refractivity contribution in [2.75, 3.05) is 0 Å². The Bertz CT molecular complexity index is 1760. The average molecular weight is 565 g/mol. The number of pyridine rings is 1. The van der Waals surface area contributed by atoms with Crippen molar-refractivity contribution in [3.05, 3.63) is 89.3 Å². The number of rotatable bonds is 6. The number of aryl methyl sites for hydroxylation is 1. The molecule has 0 bridgehead atoms. The van der Waals surface area contributed by atoms with E-state index in [2.05, 4.69) is 20.2 Å². The third kappa shape index (κ3) is 4.26. The summed E-state index contributed by atoms with van der Waals surface area (Å²) in [5, 5.41) is 7.42. The van der Waals surface area contributed by atoms with Gasteiger partial charge in [0.25, 0.3) is 5.16 Å². The van der Waals surface area contributed by atoms with Crippen molar-refractivity contribution < 1.29 is 22.0 Å². The lowest BCUT2D eigenvalue weighted by Gasteiger charge is -2.45. The Hall–Kier alpha value is -4.06. The lowest BCUT2D eigenvalue weighted by molar-refractivity contribution is 0.0753. The summed E-state index contributed by atoms with van der Waals surface area (Å²) < 4.78 is 57.6. The second kappa shape index (κ2) is 9.54. The standard InChI is InChI=1S/C28H26F2N6O3S/c1-17(40(38,39)27-32-16-35(2)34-27)18-3-4-20-11-25-19(15-33-36(25)23-7-5-21(29)6-8-23)14-28(20,13-18)26(37)24-12-22(30)9-10-31-24/h5-12,15-18H,3-4,13-14H2,1-2H3/t17?,18?,28-/m1/s1. The maximum Gasteiger partial charge on any atom is 0.267 e. The van der Waals surface area contributed by atoms with Crippen LogP contribution in [-0.4, -0.2) is 49.0 Å². The van der Waals surface area contributed by atoms with E-state index in [0.717, 1.165) is 22.9 Å². The van der Waals surface area contributed by atoms with Crippen molar-refractivity contribution in [2.24, 2.45) is 18.4 Å². The number of hydrogen-bond donors (Lipinski definition) is 0.